The molecule has 0 radical (unpaired) electrons. The first-order chi connectivity index (χ1) is 15.3. The van der Waals surface area contributed by atoms with Crippen molar-refractivity contribution in [3.63, 3.8) is 0 Å². The number of hydrogen-bond donors (Lipinski definition) is 0. The number of carbonyl (C=O) groups excluding carboxylic acids is 2. The molecular formula is C24H29N5O3. The fourth-order valence-corrected chi connectivity index (χ4v) is 4.51. The quantitative estimate of drug-likeness (QED) is 0.736. The minimum absolute atomic E-state index is 0.0352. The van der Waals surface area contributed by atoms with Crippen LogP contribution in [0.4, 0.5) is 5.69 Å². The first kappa shape index (κ1) is 21.9. The van der Waals surface area contributed by atoms with Gasteiger partial charge in [-0.25, -0.2) is 0 Å². The normalized spacial score (nSPS) is 18.4. The Morgan fingerprint density at radius 1 is 1.09 bits per heavy atom. The molecule has 0 aliphatic carbocycles. The van der Waals surface area contributed by atoms with Crippen LogP contribution in [0, 0.1) is 16.7 Å². The van der Waals surface area contributed by atoms with Crippen molar-refractivity contribution in [2.24, 2.45) is 5.41 Å². The molecule has 168 valence electrons. The monoisotopic (exact) mass is 435 g/mol. The topological polar surface area (TPSA) is 89.8 Å². The van der Waals surface area contributed by atoms with Crippen molar-refractivity contribution < 1.29 is 14.3 Å². The minimum Gasteiger partial charge on any atom is -0.497 e. The third kappa shape index (κ3) is 4.07. The van der Waals surface area contributed by atoms with E-state index in [1.165, 1.54) is 0 Å². The Labute approximate surface area is 188 Å². The molecule has 2 fully saturated rings. The van der Waals surface area contributed by atoms with Gasteiger partial charge < -0.3 is 19.4 Å². The van der Waals surface area contributed by atoms with E-state index in [9.17, 15) is 14.9 Å². The molecule has 8 heteroatoms. The molecule has 0 N–H and O–H groups in total. The van der Waals surface area contributed by atoms with Crippen LogP contribution in [0.1, 0.15) is 37.0 Å². The largest absolute Gasteiger partial charge is 0.497 e. The fourth-order valence-electron chi connectivity index (χ4n) is 4.51. The fraction of sp³-hybridized carbons (Fsp3) is 0.500. The maximum Gasteiger partial charge on any atom is 0.257 e. The molecule has 2 saturated heterocycles. The van der Waals surface area contributed by atoms with E-state index < -0.39 is 0 Å². The van der Waals surface area contributed by atoms with E-state index in [0.29, 0.717) is 50.6 Å². The highest BCUT2D eigenvalue weighted by atomic mass is 16.5. The number of piperazine rings is 1. The number of aromatic nitrogens is 1. The number of nitriles is 1. The summed E-state index contributed by atoms with van der Waals surface area (Å²) >= 11 is 0. The average Bonchev–Trinajstić information content (AvgIpc) is 2.83. The van der Waals surface area contributed by atoms with Gasteiger partial charge in [0.2, 0.25) is 5.91 Å². The summed E-state index contributed by atoms with van der Waals surface area (Å²) in [5.41, 5.74) is 1.87. The zero-order valence-corrected chi connectivity index (χ0v) is 18.9. The highest BCUT2D eigenvalue weighted by Crippen LogP contribution is 2.38. The lowest BCUT2D eigenvalue weighted by molar-refractivity contribution is -0.130. The number of nitrogens with zero attached hydrogens (tertiary/aromatic N) is 5. The number of methoxy groups -OCH3 is 1. The highest BCUT2D eigenvalue weighted by Gasteiger charge is 2.33. The van der Waals surface area contributed by atoms with Crippen molar-refractivity contribution in [1.29, 1.82) is 5.26 Å². The lowest BCUT2D eigenvalue weighted by atomic mass is 9.81. The van der Waals surface area contributed by atoms with Gasteiger partial charge >= 0.3 is 0 Å². The van der Waals surface area contributed by atoms with Crippen LogP contribution in [-0.2, 0) is 4.79 Å². The van der Waals surface area contributed by atoms with E-state index in [1.54, 1.807) is 30.0 Å². The van der Waals surface area contributed by atoms with Crippen LogP contribution in [0.3, 0.4) is 0 Å². The van der Waals surface area contributed by atoms with E-state index in [4.69, 9.17) is 4.74 Å². The number of carbonyl (C=O) groups is 2. The molecule has 2 amide bonds. The number of piperidine rings is 1. The SMILES string of the molecule is COc1ccc2c(N3CCC(C)(C#N)CC3)c(C(=O)N3CCN(C(C)=O)CC3)cnc2c1. The van der Waals surface area contributed by atoms with Crippen LogP contribution >= 0.6 is 0 Å². The molecule has 0 unspecified atom stereocenters. The summed E-state index contributed by atoms with van der Waals surface area (Å²) in [5.74, 6) is 0.682. The van der Waals surface area contributed by atoms with Gasteiger partial charge in [0.1, 0.15) is 5.75 Å². The summed E-state index contributed by atoms with van der Waals surface area (Å²) < 4.78 is 5.35. The third-order valence-electron chi connectivity index (χ3n) is 6.74. The summed E-state index contributed by atoms with van der Waals surface area (Å²) in [6.07, 6.45) is 3.15. The molecule has 0 saturated carbocycles. The first-order valence-corrected chi connectivity index (χ1v) is 11.0. The number of rotatable bonds is 3. The molecule has 3 heterocycles. The molecule has 0 spiro atoms. The van der Waals surface area contributed by atoms with Crippen molar-refractivity contribution in [2.75, 3.05) is 51.3 Å². The number of ether oxygens (including phenoxy) is 1. The smallest absolute Gasteiger partial charge is 0.257 e. The summed E-state index contributed by atoms with van der Waals surface area (Å²) in [4.78, 5) is 35.6. The van der Waals surface area contributed by atoms with Gasteiger partial charge in [-0.05, 0) is 31.9 Å². The molecule has 0 atom stereocenters. The maximum atomic E-state index is 13.6. The van der Waals surface area contributed by atoms with E-state index in [2.05, 4.69) is 16.0 Å². The number of fused-ring (bicyclic) bond motifs is 1. The van der Waals surface area contributed by atoms with Gasteiger partial charge in [-0.3, -0.25) is 14.6 Å². The summed E-state index contributed by atoms with van der Waals surface area (Å²) in [5, 5.41) is 10.4. The van der Waals surface area contributed by atoms with Crippen LogP contribution in [0.15, 0.2) is 24.4 Å². The average molecular weight is 436 g/mol. The molecule has 0 bridgehead atoms. The minimum atomic E-state index is -0.338. The van der Waals surface area contributed by atoms with Crippen LogP contribution in [0.25, 0.3) is 10.9 Å². The van der Waals surface area contributed by atoms with Crippen LogP contribution < -0.4 is 9.64 Å². The predicted octanol–water partition coefficient (Wildman–Crippen LogP) is 2.68. The maximum absolute atomic E-state index is 13.6. The lowest BCUT2D eigenvalue weighted by Gasteiger charge is -2.39. The second-order valence-corrected chi connectivity index (χ2v) is 8.86. The van der Waals surface area contributed by atoms with Gasteiger partial charge in [0.05, 0.1) is 35.4 Å². The number of pyridine rings is 1. The Morgan fingerprint density at radius 3 is 2.34 bits per heavy atom. The van der Waals surface area contributed by atoms with Crippen molar-refractivity contribution in [3.8, 4) is 11.8 Å². The first-order valence-electron chi connectivity index (χ1n) is 11.0. The number of benzene rings is 1. The molecule has 2 aliphatic heterocycles. The van der Waals surface area contributed by atoms with Crippen molar-refractivity contribution >= 4 is 28.4 Å². The molecule has 1 aromatic heterocycles. The zero-order chi connectivity index (χ0) is 22.9. The molecule has 1 aromatic carbocycles. The molecule has 4 rings (SSSR count). The molecular weight excluding hydrogens is 406 g/mol. The van der Waals surface area contributed by atoms with Gasteiger partial charge in [0, 0.05) is 63.8 Å². The van der Waals surface area contributed by atoms with E-state index in [0.717, 1.165) is 29.4 Å². The zero-order valence-electron chi connectivity index (χ0n) is 18.9. The van der Waals surface area contributed by atoms with Crippen LogP contribution in [-0.4, -0.2) is 73.0 Å². The number of anilines is 1. The lowest BCUT2D eigenvalue weighted by Crippen LogP contribution is -2.50. The van der Waals surface area contributed by atoms with Gasteiger partial charge in [-0.1, -0.05) is 0 Å². The number of amides is 2. The summed E-state index contributed by atoms with van der Waals surface area (Å²) in [7, 11) is 1.62. The molecule has 2 aliphatic rings. The number of hydrogen-bond acceptors (Lipinski definition) is 6. The van der Waals surface area contributed by atoms with Crippen molar-refractivity contribution in [2.45, 2.75) is 26.7 Å². The van der Waals surface area contributed by atoms with Crippen LogP contribution in [0.2, 0.25) is 0 Å². The Morgan fingerprint density at radius 2 is 1.75 bits per heavy atom. The van der Waals surface area contributed by atoms with Gasteiger partial charge in [0.15, 0.2) is 0 Å². The van der Waals surface area contributed by atoms with Crippen molar-refractivity contribution in [3.05, 3.63) is 30.0 Å². The Bertz CT molecular complexity index is 1080. The molecule has 32 heavy (non-hydrogen) atoms. The van der Waals surface area contributed by atoms with Crippen LogP contribution in [0.5, 0.6) is 5.75 Å². The second kappa shape index (κ2) is 8.65. The van der Waals surface area contributed by atoms with Crippen molar-refractivity contribution in [1.82, 2.24) is 14.8 Å². The van der Waals surface area contributed by atoms with E-state index in [1.807, 2.05) is 25.1 Å². The second-order valence-electron chi connectivity index (χ2n) is 8.86. The Kier molecular flexibility index (Phi) is 5.92. The van der Waals surface area contributed by atoms with Gasteiger partial charge in [-0.15, -0.1) is 0 Å². The Hall–Kier alpha value is -3.34. The predicted molar refractivity (Wildman–Crippen MR) is 122 cm³/mol. The molecule has 8 nitrogen and oxygen atoms in total. The Balaban J connectivity index is 1.70. The highest BCUT2D eigenvalue weighted by molar-refractivity contribution is 6.07. The van der Waals surface area contributed by atoms with E-state index >= 15 is 0 Å². The summed E-state index contributed by atoms with van der Waals surface area (Å²) in [6, 6.07) is 8.16. The molecule has 2 aromatic rings. The standard InChI is InChI=1S/C24H29N5O3/c1-17(30)27-10-12-29(13-11-27)23(31)20-15-26-21-14-18(32-3)4-5-19(21)22(20)28-8-6-24(2,16-25)7-9-28/h4-5,14-15H,6-13H2,1-3H3. The third-order valence-corrected chi connectivity index (χ3v) is 6.74. The van der Waals surface area contributed by atoms with Gasteiger partial charge in [-0.2, -0.15) is 5.26 Å². The summed E-state index contributed by atoms with van der Waals surface area (Å²) in [6.45, 7) is 7.05. The van der Waals surface area contributed by atoms with Gasteiger partial charge in [0.25, 0.3) is 5.91 Å². The van der Waals surface area contributed by atoms with E-state index in [-0.39, 0.29) is 17.2 Å².